The summed E-state index contributed by atoms with van der Waals surface area (Å²) in [7, 11) is 0. The molecule has 0 spiro atoms. The molecule has 0 aliphatic carbocycles. The quantitative estimate of drug-likeness (QED) is 0.767. The second-order valence-corrected chi connectivity index (χ2v) is 5.15. The van der Waals surface area contributed by atoms with Gasteiger partial charge in [-0.1, -0.05) is 68.4 Å². The minimum Gasteiger partial charge on any atom is -0.259 e. The van der Waals surface area contributed by atoms with Crippen molar-refractivity contribution in [2.24, 2.45) is 0 Å². The molecule has 3 nitrogen and oxygen atoms in total. The lowest BCUT2D eigenvalue weighted by Gasteiger charge is -2.05. The predicted molar refractivity (Wildman–Crippen MR) is 81.3 cm³/mol. The number of nitrogens with zero attached hydrogens (tertiary/aromatic N) is 2. The van der Waals surface area contributed by atoms with Gasteiger partial charge in [0.15, 0.2) is 11.6 Å². The van der Waals surface area contributed by atoms with Crippen molar-refractivity contribution in [1.29, 1.82) is 0 Å². The number of rotatable bonds is 3. The molecule has 100 valence electrons. The SMILES string of the molecule is CC(C)c1ccc(-c2nc(-c3ccccc3)n[nH]2)cc1. The van der Waals surface area contributed by atoms with Gasteiger partial charge >= 0.3 is 0 Å². The summed E-state index contributed by atoms with van der Waals surface area (Å²) in [5.41, 5.74) is 3.41. The smallest absolute Gasteiger partial charge is 0.181 e. The summed E-state index contributed by atoms with van der Waals surface area (Å²) in [4.78, 5) is 4.56. The molecule has 0 radical (unpaired) electrons. The van der Waals surface area contributed by atoms with Gasteiger partial charge < -0.3 is 0 Å². The molecule has 20 heavy (non-hydrogen) atoms. The summed E-state index contributed by atoms with van der Waals surface area (Å²) in [6.07, 6.45) is 0. The molecule has 2 aromatic carbocycles. The summed E-state index contributed by atoms with van der Waals surface area (Å²) >= 11 is 0. The van der Waals surface area contributed by atoms with Gasteiger partial charge in [0.2, 0.25) is 0 Å². The zero-order chi connectivity index (χ0) is 13.9. The molecule has 0 bridgehead atoms. The van der Waals surface area contributed by atoms with Crippen molar-refractivity contribution >= 4 is 0 Å². The first-order chi connectivity index (χ1) is 9.74. The van der Waals surface area contributed by atoms with E-state index in [0.29, 0.717) is 5.92 Å². The highest BCUT2D eigenvalue weighted by atomic mass is 15.2. The fourth-order valence-electron chi connectivity index (χ4n) is 2.13. The van der Waals surface area contributed by atoms with Crippen LogP contribution in [0.4, 0.5) is 0 Å². The third-order valence-electron chi connectivity index (χ3n) is 3.37. The van der Waals surface area contributed by atoms with Gasteiger partial charge in [-0.05, 0) is 11.5 Å². The zero-order valence-corrected chi connectivity index (χ0v) is 11.7. The van der Waals surface area contributed by atoms with Crippen molar-refractivity contribution in [2.45, 2.75) is 19.8 Å². The highest BCUT2D eigenvalue weighted by Gasteiger charge is 2.07. The van der Waals surface area contributed by atoms with Gasteiger partial charge in [-0.15, -0.1) is 0 Å². The lowest BCUT2D eigenvalue weighted by atomic mass is 10.0. The van der Waals surface area contributed by atoms with Crippen molar-refractivity contribution in [3.05, 3.63) is 60.2 Å². The minimum atomic E-state index is 0.540. The molecule has 0 fully saturated rings. The Morgan fingerprint density at radius 2 is 1.55 bits per heavy atom. The molecular formula is C17H17N3. The summed E-state index contributed by atoms with van der Waals surface area (Å²) in [5, 5.41) is 7.29. The monoisotopic (exact) mass is 263 g/mol. The largest absolute Gasteiger partial charge is 0.259 e. The lowest BCUT2D eigenvalue weighted by molar-refractivity contribution is 0.867. The van der Waals surface area contributed by atoms with Gasteiger partial charge in [0, 0.05) is 11.1 Å². The minimum absolute atomic E-state index is 0.540. The zero-order valence-electron chi connectivity index (χ0n) is 11.7. The molecule has 0 aliphatic rings. The fraction of sp³-hybridized carbons (Fsp3) is 0.176. The standard InChI is InChI=1S/C17H17N3/c1-12(2)13-8-10-15(11-9-13)17-18-16(19-20-17)14-6-4-3-5-7-14/h3-12H,1-2H3,(H,18,19,20). The molecule has 0 saturated heterocycles. The van der Waals surface area contributed by atoms with Crippen LogP contribution in [0.1, 0.15) is 25.3 Å². The number of aromatic nitrogens is 3. The summed E-state index contributed by atoms with van der Waals surface area (Å²) in [6, 6.07) is 18.4. The van der Waals surface area contributed by atoms with E-state index >= 15 is 0 Å². The first-order valence-corrected chi connectivity index (χ1v) is 6.82. The van der Waals surface area contributed by atoms with Gasteiger partial charge in [-0.2, -0.15) is 5.10 Å². The molecule has 0 atom stereocenters. The maximum absolute atomic E-state index is 4.56. The lowest BCUT2D eigenvalue weighted by Crippen LogP contribution is -1.87. The van der Waals surface area contributed by atoms with Crippen LogP contribution in [0.5, 0.6) is 0 Å². The Morgan fingerprint density at radius 1 is 0.850 bits per heavy atom. The first kappa shape index (κ1) is 12.6. The summed E-state index contributed by atoms with van der Waals surface area (Å²) in [6.45, 7) is 4.38. The van der Waals surface area contributed by atoms with Crippen LogP contribution in [0.3, 0.4) is 0 Å². The van der Waals surface area contributed by atoms with E-state index in [-0.39, 0.29) is 0 Å². The third kappa shape index (κ3) is 2.48. The van der Waals surface area contributed by atoms with E-state index in [1.807, 2.05) is 30.3 Å². The number of benzene rings is 2. The van der Waals surface area contributed by atoms with E-state index in [2.05, 4.69) is 53.3 Å². The molecule has 0 unspecified atom stereocenters. The highest BCUT2D eigenvalue weighted by Crippen LogP contribution is 2.22. The van der Waals surface area contributed by atoms with Crippen LogP contribution in [-0.2, 0) is 0 Å². The molecule has 1 aromatic heterocycles. The Labute approximate surface area is 118 Å². The average Bonchev–Trinajstić information content (AvgIpc) is 2.98. The molecular weight excluding hydrogens is 246 g/mol. The maximum atomic E-state index is 4.56. The number of aromatic amines is 1. The first-order valence-electron chi connectivity index (χ1n) is 6.82. The number of hydrogen-bond donors (Lipinski definition) is 1. The van der Waals surface area contributed by atoms with Crippen LogP contribution in [0.15, 0.2) is 54.6 Å². The number of nitrogens with one attached hydrogen (secondary N) is 1. The molecule has 0 aliphatic heterocycles. The second kappa shape index (κ2) is 5.29. The molecule has 0 amide bonds. The maximum Gasteiger partial charge on any atom is 0.181 e. The average molecular weight is 263 g/mol. The Balaban J connectivity index is 1.90. The van der Waals surface area contributed by atoms with E-state index in [1.165, 1.54) is 5.56 Å². The second-order valence-electron chi connectivity index (χ2n) is 5.15. The molecule has 3 rings (SSSR count). The molecule has 1 N–H and O–H groups in total. The summed E-state index contributed by atoms with van der Waals surface area (Å²) in [5.74, 6) is 2.08. The Hall–Kier alpha value is -2.42. The number of H-pyrrole nitrogens is 1. The summed E-state index contributed by atoms with van der Waals surface area (Å²) < 4.78 is 0. The molecule has 3 aromatic rings. The van der Waals surface area contributed by atoms with Gasteiger partial charge in [-0.3, -0.25) is 5.10 Å². The van der Waals surface area contributed by atoms with Crippen molar-refractivity contribution in [1.82, 2.24) is 15.2 Å². The predicted octanol–water partition coefficient (Wildman–Crippen LogP) is 4.26. The van der Waals surface area contributed by atoms with Crippen molar-refractivity contribution in [3.8, 4) is 22.8 Å². The van der Waals surface area contributed by atoms with Crippen LogP contribution < -0.4 is 0 Å². The fourth-order valence-corrected chi connectivity index (χ4v) is 2.13. The topological polar surface area (TPSA) is 41.6 Å². The Kier molecular flexibility index (Phi) is 3.33. The Bertz CT molecular complexity index is 682. The molecule has 0 saturated carbocycles. The van der Waals surface area contributed by atoms with Crippen LogP contribution in [0.2, 0.25) is 0 Å². The van der Waals surface area contributed by atoms with E-state index in [9.17, 15) is 0 Å². The van der Waals surface area contributed by atoms with Gasteiger partial charge in [0.1, 0.15) is 0 Å². The number of hydrogen-bond acceptors (Lipinski definition) is 2. The third-order valence-corrected chi connectivity index (χ3v) is 3.37. The molecule has 1 heterocycles. The Morgan fingerprint density at radius 3 is 2.20 bits per heavy atom. The van der Waals surface area contributed by atoms with Gasteiger partial charge in [-0.25, -0.2) is 4.98 Å². The molecule has 3 heteroatoms. The van der Waals surface area contributed by atoms with Gasteiger partial charge in [0.25, 0.3) is 0 Å². The van der Waals surface area contributed by atoms with Crippen LogP contribution >= 0.6 is 0 Å². The van der Waals surface area contributed by atoms with Gasteiger partial charge in [0.05, 0.1) is 0 Å². The van der Waals surface area contributed by atoms with E-state index in [4.69, 9.17) is 0 Å². The van der Waals surface area contributed by atoms with Crippen LogP contribution in [0, 0.1) is 0 Å². The van der Waals surface area contributed by atoms with Crippen molar-refractivity contribution in [3.63, 3.8) is 0 Å². The normalized spacial score (nSPS) is 10.9. The van der Waals surface area contributed by atoms with Crippen LogP contribution in [0.25, 0.3) is 22.8 Å². The van der Waals surface area contributed by atoms with E-state index in [0.717, 1.165) is 22.8 Å². The van der Waals surface area contributed by atoms with Crippen molar-refractivity contribution in [2.75, 3.05) is 0 Å². The van der Waals surface area contributed by atoms with Crippen LogP contribution in [-0.4, -0.2) is 15.2 Å². The van der Waals surface area contributed by atoms with E-state index < -0.39 is 0 Å². The highest BCUT2D eigenvalue weighted by molar-refractivity contribution is 5.61. The van der Waals surface area contributed by atoms with E-state index in [1.54, 1.807) is 0 Å². The van der Waals surface area contributed by atoms with Crippen molar-refractivity contribution < 1.29 is 0 Å².